The number of piperidine rings is 1. The normalized spacial score (nSPS) is 25.2. The van der Waals surface area contributed by atoms with E-state index in [1.807, 2.05) is 0 Å². The molecule has 4 rings (SSSR count). The van der Waals surface area contributed by atoms with Gasteiger partial charge in [0, 0.05) is 44.9 Å². The number of nitrogens with one attached hydrogen (secondary N) is 2. The van der Waals surface area contributed by atoms with Gasteiger partial charge in [-0.3, -0.25) is 0 Å². The number of thiocarbonyl (C=S) groups is 1. The Balaban J connectivity index is 1.48. The van der Waals surface area contributed by atoms with Crippen LogP contribution in [0.2, 0.25) is 0 Å². The first kappa shape index (κ1) is 19.6. The largest absolute Gasteiger partial charge is 0.376 e. The summed E-state index contributed by atoms with van der Waals surface area (Å²) in [6.07, 6.45) is 8.65. The predicted octanol–water partition coefficient (Wildman–Crippen LogP) is 2.92. The molecule has 0 bridgehead atoms. The summed E-state index contributed by atoms with van der Waals surface area (Å²) in [5, 5.41) is 7.03. The van der Waals surface area contributed by atoms with Gasteiger partial charge in [-0.25, -0.2) is 0 Å². The van der Waals surface area contributed by atoms with Crippen LogP contribution < -0.4 is 20.4 Å². The van der Waals surface area contributed by atoms with Crippen LogP contribution in [0.1, 0.15) is 51.9 Å². The minimum Gasteiger partial charge on any atom is -0.376 e. The Morgan fingerprint density at radius 3 is 2.64 bits per heavy atom. The summed E-state index contributed by atoms with van der Waals surface area (Å²) in [5.41, 5.74) is 0. The Hall–Kier alpha value is -1.67. The lowest BCUT2D eigenvalue weighted by Crippen LogP contribution is -2.39. The number of ether oxygens (including phenoxy) is 1. The summed E-state index contributed by atoms with van der Waals surface area (Å²) in [5.74, 6) is 2.60. The molecule has 0 aliphatic carbocycles. The molecule has 7 nitrogen and oxygen atoms in total. The van der Waals surface area contributed by atoms with Crippen LogP contribution in [-0.2, 0) is 4.74 Å². The van der Waals surface area contributed by atoms with Crippen molar-refractivity contribution in [2.45, 2.75) is 64.0 Å². The first-order chi connectivity index (χ1) is 13.7. The summed E-state index contributed by atoms with van der Waals surface area (Å²) in [6.45, 7) is 7.05. The van der Waals surface area contributed by atoms with Crippen LogP contribution in [-0.4, -0.2) is 60.0 Å². The molecule has 28 heavy (non-hydrogen) atoms. The monoisotopic (exact) mass is 404 g/mol. The standard InChI is InChI=1S/C20H32N6OS/c1-15-7-2-3-11-26(15)18-13-17(25-9-4-5-10-25)22-19(23-18)24-20(28)21-14-16-8-6-12-27-16/h13,15-16H,2-12,14H2,1H3,(H2,21,22,23,24,28)/t15-,16-/m1/s1. The molecule has 0 saturated carbocycles. The van der Waals surface area contributed by atoms with Gasteiger partial charge in [0.1, 0.15) is 11.6 Å². The molecule has 3 saturated heterocycles. The Labute approximate surface area is 173 Å². The molecule has 1 aromatic rings. The first-order valence-corrected chi connectivity index (χ1v) is 11.2. The zero-order valence-corrected chi connectivity index (χ0v) is 17.6. The molecule has 3 aliphatic rings. The van der Waals surface area contributed by atoms with E-state index >= 15 is 0 Å². The molecule has 0 aromatic carbocycles. The number of nitrogens with zero attached hydrogens (tertiary/aromatic N) is 4. The van der Waals surface area contributed by atoms with Crippen LogP contribution >= 0.6 is 12.2 Å². The lowest BCUT2D eigenvalue weighted by Gasteiger charge is -2.35. The molecule has 0 spiro atoms. The van der Waals surface area contributed by atoms with E-state index < -0.39 is 0 Å². The van der Waals surface area contributed by atoms with E-state index in [1.54, 1.807) is 0 Å². The molecule has 0 amide bonds. The maximum Gasteiger partial charge on any atom is 0.232 e. The van der Waals surface area contributed by atoms with Gasteiger partial charge in [-0.1, -0.05) is 0 Å². The molecule has 3 aliphatic heterocycles. The molecule has 1 aromatic heterocycles. The number of hydrogen-bond donors (Lipinski definition) is 2. The van der Waals surface area contributed by atoms with Crippen LogP contribution in [0.5, 0.6) is 0 Å². The van der Waals surface area contributed by atoms with E-state index in [0.717, 1.165) is 57.3 Å². The van der Waals surface area contributed by atoms with E-state index in [-0.39, 0.29) is 6.10 Å². The highest BCUT2D eigenvalue weighted by atomic mass is 32.1. The fourth-order valence-electron chi connectivity index (χ4n) is 4.33. The van der Waals surface area contributed by atoms with Gasteiger partial charge in [0.2, 0.25) is 5.95 Å². The van der Waals surface area contributed by atoms with Crippen LogP contribution in [0.25, 0.3) is 0 Å². The highest BCUT2D eigenvalue weighted by Gasteiger charge is 2.23. The van der Waals surface area contributed by atoms with Gasteiger partial charge in [0.05, 0.1) is 6.10 Å². The average Bonchev–Trinajstić information content (AvgIpc) is 3.40. The van der Waals surface area contributed by atoms with Crippen LogP contribution in [0.3, 0.4) is 0 Å². The topological polar surface area (TPSA) is 65.5 Å². The van der Waals surface area contributed by atoms with Gasteiger partial charge in [-0.05, 0) is 64.1 Å². The maximum atomic E-state index is 5.66. The van der Waals surface area contributed by atoms with Gasteiger partial charge < -0.3 is 25.2 Å². The Kier molecular flexibility index (Phi) is 6.47. The molecule has 154 valence electrons. The van der Waals surface area contributed by atoms with Crippen molar-refractivity contribution in [3.8, 4) is 0 Å². The van der Waals surface area contributed by atoms with Crippen LogP contribution in [0, 0.1) is 0 Å². The molecular formula is C20H32N6OS. The van der Waals surface area contributed by atoms with Gasteiger partial charge in [-0.15, -0.1) is 0 Å². The second-order valence-corrected chi connectivity index (χ2v) is 8.52. The zero-order valence-electron chi connectivity index (χ0n) is 16.8. The van der Waals surface area contributed by atoms with E-state index in [2.05, 4.69) is 33.4 Å². The highest BCUT2D eigenvalue weighted by molar-refractivity contribution is 7.80. The summed E-state index contributed by atoms with van der Waals surface area (Å²) in [6, 6.07) is 2.66. The van der Waals surface area contributed by atoms with Gasteiger partial charge in [0.15, 0.2) is 5.11 Å². The van der Waals surface area contributed by atoms with E-state index in [1.165, 1.54) is 32.1 Å². The summed E-state index contributed by atoms with van der Waals surface area (Å²) in [7, 11) is 0. The Bertz CT molecular complexity index is 675. The molecule has 4 heterocycles. The summed E-state index contributed by atoms with van der Waals surface area (Å²) >= 11 is 5.49. The lowest BCUT2D eigenvalue weighted by atomic mass is 10.0. The molecule has 2 atom stereocenters. The fraction of sp³-hybridized carbons (Fsp3) is 0.750. The van der Waals surface area contributed by atoms with Crippen molar-refractivity contribution < 1.29 is 4.74 Å². The van der Waals surface area contributed by atoms with Crippen molar-refractivity contribution in [1.82, 2.24) is 15.3 Å². The first-order valence-electron chi connectivity index (χ1n) is 10.8. The minimum atomic E-state index is 0.251. The number of rotatable bonds is 5. The SMILES string of the molecule is C[C@@H]1CCCCN1c1cc(N2CCCC2)nc(NC(=S)NC[C@H]2CCCO2)n1. The number of hydrogen-bond acceptors (Lipinski definition) is 6. The third-order valence-electron chi connectivity index (χ3n) is 5.97. The van der Waals surface area contributed by atoms with Crippen LogP contribution in [0.15, 0.2) is 6.07 Å². The van der Waals surface area contributed by atoms with Gasteiger partial charge >= 0.3 is 0 Å². The van der Waals surface area contributed by atoms with Crippen molar-refractivity contribution >= 4 is 34.9 Å². The fourth-order valence-corrected chi connectivity index (χ4v) is 4.50. The second kappa shape index (κ2) is 9.22. The van der Waals surface area contributed by atoms with Gasteiger partial charge in [-0.2, -0.15) is 9.97 Å². The third-order valence-corrected chi connectivity index (χ3v) is 6.21. The zero-order chi connectivity index (χ0) is 19.3. The van der Waals surface area contributed by atoms with Crippen molar-refractivity contribution in [1.29, 1.82) is 0 Å². The second-order valence-electron chi connectivity index (χ2n) is 8.11. The van der Waals surface area contributed by atoms with Crippen molar-refractivity contribution in [2.24, 2.45) is 0 Å². The maximum absolute atomic E-state index is 5.66. The van der Waals surface area contributed by atoms with Crippen LogP contribution in [0.4, 0.5) is 17.6 Å². The predicted molar refractivity (Wildman–Crippen MR) is 117 cm³/mol. The quantitative estimate of drug-likeness (QED) is 0.727. The minimum absolute atomic E-state index is 0.251. The lowest BCUT2D eigenvalue weighted by molar-refractivity contribution is 0.114. The van der Waals surface area contributed by atoms with E-state index in [4.69, 9.17) is 26.9 Å². The smallest absolute Gasteiger partial charge is 0.232 e. The van der Waals surface area contributed by atoms with E-state index in [9.17, 15) is 0 Å². The highest BCUT2D eigenvalue weighted by Crippen LogP contribution is 2.28. The van der Waals surface area contributed by atoms with E-state index in [0.29, 0.717) is 17.1 Å². The van der Waals surface area contributed by atoms with Gasteiger partial charge in [0.25, 0.3) is 0 Å². The van der Waals surface area contributed by atoms with Crippen molar-refractivity contribution in [2.75, 3.05) is 47.9 Å². The molecule has 8 heteroatoms. The summed E-state index contributed by atoms with van der Waals surface area (Å²) in [4.78, 5) is 14.4. The number of anilines is 3. The molecule has 0 unspecified atom stereocenters. The molecule has 3 fully saturated rings. The average molecular weight is 405 g/mol. The third kappa shape index (κ3) is 4.84. The molecular weight excluding hydrogens is 372 g/mol. The number of aromatic nitrogens is 2. The Morgan fingerprint density at radius 2 is 1.89 bits per heavy atom. The van der Waals surface area contributed by atoms with Crippen molar-refractivity contribution in [3.05, 3.63) is 6.07 Å². The summed E-state index contributed by atoms with van der Waals surface area (Å²) < 4.78 is 5.66. The Morgan fingerprint density at radius 1 is 1.11 bits per heavy atom. The molecule has 0 radical (unpaired) electrons. The molecule has 2 N–H and O–H groups in total. The van der Waals surface area contributed by atoms with Crippen molar-refractivity contribution in [3.63, 3.8) is 0 Å².